The van der Waals surface area contributed by atoms with E-state index in [1.54, 1.807) is 24.3 Å². The second-order valence-electron chi connectivity index (χ2n) is 6.30. The van der Waals surface area contributed by atoms with Gasteiger partial charge < -0.3 is 15.0 Å². The van der Waals surface area contributed by atoms with Crippen LogP contribution in [0.2, 0.25) is 0 Å². The minimum Gasteiger partial charge on any atom is -0.465 e. The van der Waals surface area contributed by atoms with E-state index in [9.17, 15) is 9.59 Å². The maximum atomic E-state index is 12.5. The summed E-state index contributed by atoms with van der Waals surface area (Å²) in [6.45, 7) is 0.729. The Morgan fingerprint density at radius 3 is 2.73 bits per heavy atom. The van der Waals surface area contributed by atoms with Gasteiger partial charge in [0, 0.05) is 17.7 Å². The van der Waals surface area contributed by atoms with E-state index in [2.05, 4.69) is 5.32 Å². The van der Waals surface area contributed by atoms with Gasteiger partial charge in [0.15, 0.2) is 12.6 Å². The molecule has 0 aromatic heterocycles. The fourth-order valence-corrected chi connectivity index (χ4v) is 3.32. The Bertz CT molecular complexity index is 873. The van der Waals surface area contributed by atoms with E-state index in [1.807, 2.05) is 30.3 Å². The molecule has 1 heterocycles. The van der Waals surface area contributed by atoms with Crippen LogP contribution in [0.3, 0.4) is 0 Å². The molecule has 0 spiro atoms. The lowest BCUT2D eigenvalue weighted by Gasteiger charge is -2.31. The van der Waals surface area contributed by atoms with Crippen molar-refractivity contribution >= 4 is 17.6 Å². The van der Waals surface area contributed by atoms with Crippen LogP contribution in [0.15, 0.2) is 48.5 Å². The molecule has 0 bridgehead atoms. The van der Waals surface area contributed by atoms with Gasteiger partial charge in [0.25, 0.3) is 5.91 Å². The average molecular weight is 350 g/mol. The number of amides is 1. The summed E-state index contributed by atoms with van der Waals surface area (Å²) in [4.78, 5) is 25.5. The van der Waals surface area contributed by atoms with E-state index in [-0.39, 0.29) is 18.4 Å². The predicted octanol–water partition coefficient (Wildman–Crippen LogP) is 0.680. The SMILES string of the molecule is COC(=O)[C@@H]1Cc2ccccc2C[NH+]1CC(=O)Nc1cccc(C#N)c1. The first kappa shape index (κ1) is 17.6. The molecular weight excluding hydrogens is 330 g/mol. The summed E-state index contributed by atoms with van der Waals surface area (Å²) in [5.41, 5.74) is 3.31. The Morgan fingerprint density at radius 1 is 1.23 bits per heavy atom. The highest BCUT2D eigenvalue weighted by atomic mass is 16.5. The number of fused-ring (bicyclic) bond motifs is 1. The third-order valence-electron chi connectivity index (χ3n) is 4.60. The Balaban J connectivity index is 1.74. The van der Waals surface area contributed by atoms with Crippen molar-refractivity contribution in [2.24, 2.45) is 0 Å². The van der Waals surface area contributed by atoms with E-state index < -0.39 is 6.04 Å². The number of methoxy groups -OCH3 is 1. The minimum absolute atomic E-state index is 0.144. The fraction of sp³-hybridized carbons (Fsp3) is 0.250. The number of rotatable bonds is 4. The van der Waals surface area contributed by atoms with Crippen molar-refractivity contribution in [3.8, 4) is 6.07 Å². The van der Waals surface area contributed by atoms with Gasteiger partial charge in [0.1, 0.15) is 6.54 Å². The molecule has 1 amide bonds. The molecule has 0 saturated heterocycles. The number of hydrogen-bond donors (Lipinski definition) is 2. The minimum atomic E-state index is -0.411. The number of hydrogen-bond acceptors (Lipinski definition) is 4. The number of anilines is 1. The van der Waals surface area contributed by atoms with Crippen molar-refractivity contribution in [2.75, 3.05) is 19.0 Å². The van der Waals surface area contributed by atoms with E-state index >= 15 is 0 Å². The van der Waals surface area contributed by atoms with Crippen LogP contribution in [0.25, 0.3) is 0 Å². The van der Waals surface area contributed by atoms with Crippen molar-refractivity contribution in [1.29, 1.82) is 5.26 Å². The second kappa shape index (κ2) is 7.81. The number of nitrogens with one attached hydrogen (secondary N) is 2. The molecule has 0 aliphatic carbocycles. The van der Waals surface area contributed by atoms with Crippen LogP contribution >= 0.6 is 0 Å². The number of quaternary nitrogens is 1. The maximum absolute atomic E-state index is 12.5. The number of ether oxygens (including phenoxy) is 1. The Labute approximate surface area is 152 Å². The summed E-state index contributed by atoms with van der Waals surface area (Å²) in [6.07, 6.45) is 0.551. The molecule has 0 radical (unpaired) electrons. The third kappa shape index (κ3) is 3.90. The average Bonchev–Trinajstić information content (AvgIpc) is 2.66. The van der Waals surface area contributed by atoms with Gasteiger partial charge in [0.05, 0.1) is 18.7 Å². The van der Waals surface area contributed by atoms with Gasteiger partial charge >= 0.3 is 5.97 Å². The van der Waals surface area contributed by atoms with Gasteiger partial charge in [-0.05, 0) is 23.8 Å². The van der Waals surface area contributed by atoms with Crippen molar-refractivity contribution in [3.63, 3.8) is 0 Å². The molecule has 3 rings (SSSR count). The lowest BCUT2D eigenvalue weighted by atomic mass is 9.94. The number of nitrogens with zero attached hydrogens (tertiary/aromatic N) is 1. The Kier molecular flexibility index (Phi) is 5.30. The summed E-state index contributed by atoms with van der Waals surface area (Å²) in [5, 5.41) is 11.8. The second-order valence-corrected chi connectivity index (χ2v) is 6.30. The predicted molar refractivity (Wildman–Crippen MR) is 95.3 cm³/mol. The maximum Gasteiger partial charge on any atom is 0.365 e. The van der Waals surface area contributed by atoms with Crippen LogP contribution in [-0.4, -0.2) is 31.6 Å². The monoisotopic (exact) mass is 350 g/mol. The highest BCUT2D eigenvalue weighted by Crippen LogP contribution is 2.14. The molecule has 1 unspecified atom stereocenters. The first-order valence-corrected chi connectivity index (χ1v) is 8.40. The quantitative estimate of drug-likeness (QED) is 0.795. The van der Waals surface area contributed by atoms with Crippen molar-refractivity contribution < 1.29 is 19.2 Å². The molecule has 132 valence electrons. The zero-order valence-electron chi connectivity index (χ0n) is 14.5. The largest absolute Gasteiger partial charge is 0.465 e. The summed E-state index contributed by atoms with van der Waals surface area (Å²) < 4.78 is 4.94. The highest BCUT2D eigenvalue weighted by Gasteiger charge is 2.37. The van der Waals surface area contributed by atoms with Crippen molar-refractivity contribution in [1.82, 2.24) is 0 Å². The van der Waals surface area contributed by atoms with Crippen LogP contribution in [-0.2, 0) is 27.3 Å². The molecule has 2 N–H and O–H groups in total. The molecule has 26 heavy (non-hydrogen) atoms. The van der Waals surface area contributed by atoms with E-state index in [4.69, 9.17) is 10.00 Å². The van der Waals surface area contributed by atoms with Crippen LogP contribution in [0.4, 0.5) is 5.69 Å². The zero-order chi connectivity index (χ0) is 18.5. The normalized spacial score (nSPS) is 18.3. The van der Waals surface area contributed by atoms with Gasteiger partial charge in [-0.15, -0.1) is 0 Å². The number of carbonyl (C=O) groups is 2. The molecule has 0 saturated carbocycles. The standard InChI is InChI=1S/C20H19N3O3/c1-26-20(25)18-10-15-6-2-3-7-16(15)12-23(18)13-19(24)22-17-8-4-5-14(9-17)11-21/h2-9,18H,10,12-13H2,1H3,(H,22,24)/p+1/t18-/m0/s1. The third-order valence-corrected chi connectivity index (χ3v) is 4.60. The molecular formula is C20H20N3O3+. The van der Waals surface area contributed by atoms with Gasteiger partial charge in [-0.3, -0.25) is 4.79 Å². The first-order chi connectivity index (χ1) is 12.6. The molecule has 0 fully saturated rings. The smallest absolute Gasteiger partial charge is 0.365 e. The van der Waals surface area contributed by atoms with Crippen LogP contribution < -0.4 is 10.2 Å². The summed E-state index contributed by atoms with van der Waals surface area (Å²) in [5.74, 6) is -0.517. The zero-order valence-corrected chi connectivity index (χ0v) is 14.5. The van der Waals surface area contributed by atoms with Crippen LogP contribution in [0, 0.1) is 11.3 Å². The molecule has 2 aromatic rings. The molecule has 6 heteroatoms. The van der Waals surface area contributed by atoms with Crippen LogP contribution in [0.5, 0.6) is 0 Å². The van der Waals surface area contributed by atoms with Gasteiger partial charge in [-0.25, -0.2) is 4.79 Å². The van der Waals surface area contributed by atoms with Gasteiger partial charge in [0.2, 0.25) is 0 Å². The first-order valence-electron chi connectivity index (χ1n) is 8.40. The van der Waals surface area contributed by atoms with E-state index in [0.29, 0.717) is 24.2 Å². The lowest BCUT2D eigenvalue weighted by molar-refractivity contribution is -0.924. The van der Waals surface area contributed by atoms with Crippen molar-refractivity contribution in [3.05, 3.63) is 65.2 Å². The van der Waals surface area contributed by atoms with Gasteiger partial charge in [-0.2, -0.15) is 5.26 Å². The highest BCUT2D eigenvalue weighted by molar-refractivity contribution is 5.91. The summed E-state index contributed by atoms with van der Waals surface area (Å²) >= 11 is 0. The molecule has 2 aromatic carbocycles. The number of nitriles is 1. The van der Waals surface area contributed by atoms with Crippen molar-refractivity contribution in [2.45, 2.75) is 19.0 Å². The molecule has 2 atom stereocenters. The fourth-order valence-electron chi connectivity index (χ4n) is 3.32. The van der Waals surface area contributed by atoms with Crippen LogP contribution in [0.1, 0.15) is 16.7 Å². The summed E-state index contributed by atoms with van der Waals surface area (Å²) in [7, 11) is 1.37. The summed E-state index contributed by atoms with van der Waals surface area (Å²) in [6, 6.07) is 16.3. The van der Waals surface area contributed by atoms with E-state index in [0.717, 1.165) is 16.0 Å². The Morgan fingerprint density at radius 2 is 2.00 bits per heavy atom. The molecule has 1 aliphatic rings. The number of esters is 1. The van der Waals surface area contributed by atoms with E-state index in [1.165, 1.54) is 7.11 Å². The lowest BCUT2D eigenvalue weighted by Crippen LogP contribution is -3.17. The number of benzene rings is 2. The topological polar surface area (TPSA) is 83.6 Å². The van der Waals surface area contributed by atoms with Gasteiger partial charge in [-0.1, -0.05) is 30.3 Å². The number of carbonyl (C=O) groups excluding carboxylic acids is 2. The Hall–Kier alpha value is -3.17. The molecule has 1 aliphatic heterocycles. The molecule has 6 nitrogen and oxygen atoms in total.